The number of aryl methyl sites for hydroxylation is 2. The highest BCUT2D eigenvalue weighted by Gasteiger charge is 2.38. The largest absolute Gasteiger partial charge is 0.106 e. The third kappa shape index (κ3) is 7.05. The molecule has 0 atom stereocenters. The summed E-state index contributed by atoms with van der Waals surface area (Å²) >= 11 is 0. The first-order chi connectivity index (χ1) is 18.6. The molecule has 0 amide bonds. The van der Waals surface area contributed by atoms with Crippen molar-refractivity contribution in [1.82, 2.24) is 0 Å². The number of hydrogen-bond acceptors (Lipinski definition) is 0. The molecule has 0 saturated carbocycles. The van der Waals surface area contributed by atoms with E-state index in [1.54, 1.807) is 0 Å². The van der Waals surface area contributed by atoms with E-state index in [1.165, 1.54) is 33.4 Å². The van der Waals surface area contributed by atoms with Crippen molar-refractivity contribution >= 4 is 0 Å². The summed E-state index contributed by atoms with van der Waals surface area (Å²) in [5, 5.41) is 0. The van der Waals surface area contributed by atoms with Crippen LogP contribution in [0.1, 0.15) is 29.2 Å². The van der Waals surface area contributed by atoms with Crippen molar-refractivity contribution in [2.45, 2.75) is 26.2 Å². The highest BCUT2D eigenvalue weighted by molar-refractivity contribution is 5.83. The average molecular weight is 473 g/mol. The van der Waals surface area contributed by atoms with Crippen LogP contribution in [0.3, 0.4) is 0 Å². The van der Waals surface area contributed by atoms with Crippen molar-refractivity contribution < 1.29 is 0 Å². The minimum Gasteiger partial charge on any atom is -0.106 e. The van der Waals surface area contributed by atoms with Gasteiger partial charge >= 0.3 is 0 Å². The molecule has 0 saturated heterocycles. The minimum absolute atomic E-state index is 0.427. The van der Waals surface area contributed by atoms with Crippen LogP contribution in [0.2, 0.25) is 0 Å². The molecule has 0 nitrogen and oxygen atoms in total. The predicted molar refractivity (Wildman–Crippen MR) is 154 cm³/mol. The molecular formula is C38H16. The molecule has 2 aromatic carbocycles. The Hall–Kier alpha value is -6.40. The fourth-order valence-corrected chi connectivity index (χ4v) is 3.62. The van der Waals surface area contributed by atoms with Gasteiger partial charge in [0.25, 0.3) is 0 Å². The van der Waals surface area contributed by atoms with Gasteiger partial charge in [0.2, 0.25) is 0 Å². The van der Waals surface area contributed by atoms with Gasteiger partial charge in [-0.1, -0.05) is 53.4 Å². The second-order valence-corrected chi connectivity index (χ2v) is 7.87. The Bertz CT molecular complexity index is 1950. The van der Waals surface area contributed by atoms with Crippen LogP contribution in [0.25, 0.3) is 11.1 Å². The second-order valence-electron chi connectivity index (χ2n) is 7.87. The number of hydrogen-bond donors (Lipinski definition) is 0. The summed E-state index contributed by atoms with van der Waals surface area (Å²) in [7, 11) is 0. The van der Waals surface area contributed by atoms with Gasteiger partial charge < -0.3 is 0 Å². The van der Waals surface area contributed by atoms with Gasteiger partial charge in [-0.2, -0.15) is 0 Å². The average Bonchev–Trinajstić information content (AvgIpc) is 3.14. The number of benzene rings is 2. The van der Waals surface area contributed by atoms with E-state index in [0.717, 1.165) is 0 Å². The van der Waals surface area contributed by atoms with Crippen molar-refractivity contribution in [3.05, 3.63) is 58.7 Å². The number of rotatable bonds is 0. The van der Waals surface area contributed by atoms with Gasteiger partial charge in [0.15, 0.2) is 0 Å². The lowest BCUT2D eigenvalue weighted by Crippen LogP contribution is -2.18. The molecular weight excluding hydrogens is 456 g/mol. The van der Waals surface area contributed by atoms with Crippen molar-refractivity contribution in [2.24, 2.45) is 0 Å². The van der Waals surface area contributed by atoms with Crippen LogP contribution in [0, 0.1) is 145 Å². The molecule has 2 aromatic rings. The first-order valence-corrected chi connectivity index (χ1v) is 11.3. The van der Waals surface area contributed by atoms with E-state index < -0.39 is 5.41 Å². The smallest absolute Gasteiger partial charge is 0.0806 e. The van der Waals surface area contributed by atoms with Crippen LogP contribution in [0.5, 0.6) is 0 Å². The Labute approximate surface area is 226 Å². The van der Waals surface area contributed by atoms with E-state index in [9.17, 15) is 0 Å². The van der Waals surface area contributed by atoms with Gasteiger partial charge in [-0.25, -0.2) is 0 Å². The zero-order valence-corrected chi connectivity index (χ0v) is 21.0. The fourth-order valence-electron chi connectivity index (χ4n) is 3.62. The molecule has 1 aliphatic carbocycles. The molecule has 0 N–H and O–H groups in total. The molecule has 0 fully saturated rings. The molecule has 3 rings (SSSR count). The fraction of sp³-hybridized carbons (Fsp3) is 0.105. The second kappa shape index (κ2) is 13.5. The molecule has 38 heavy (non-hydrogen) atoms. The van der Waals surface area contributed by atoms with Crippen LogP contribution < -0.4 is 0 Å². The third-order valence-electron chi connectivity index (χ3n) is 5.23. The Kier molecular flexibility index (Phi) is 9.30. The lowest BCUT2D eigenvalue weighted by Gasteiger charge is -2.21. The first-order valence-electron chi connectivity index (χ1n) is 11.3. The molecule has 0 aromatic heterocycles. The Morgan fingerprint density at radius 3 is 1.13 bits per heavy atom. The van der Waals surface area contributed by atoms with Gasteiger partial charge in [0, 0.05) is 23.7 Å². The van der Waals surface area contributed by atoms with Crippen LogP contribution in [0.15, 0.2) is 36.4 Å². The topological polar surface area (TPSA) is 0 Å². The SMILES string of the molecule is C#CC#CC#CC#CC#CC#CC#CC#CC#CC#CC#CC1(C)c2cc(C)ccc2-c2ccc(C)cc21. The Balaban J connectivity index is 1.63. The molecule has 0 unspecified atom stereocenters. The van der Waals surface area contributed by atoms with E-state index in [0.29, 0.717) is 0 Å². The zero-order valence-electron chi connectivity index (χ0n) is 21.0. The van der Waals surface area contributed by atoms with Crippen molar-refractivity contribution in [2.75, 3.05) is 0 Å². The van der Waals surface area contributed by atoms with Gasteiger partial charge in [0.1, 0.15) is 0 Å². The normalized spacial score (nSPS) is 9.11. The minimum atomic E-state index is -0.427. The number of terminal acetylenes is 1. The highest BCUT2D eigenvalue weighted by atomic mass is 14.4. The van der Waals surface area contributed by atoms with Crippen LogP contribution >= 0.6 is 0 Å². The summed E-state index contributed by atoms with van der Waals surface area (Å²) in [6, 6.07) is 13.1. The molecule has 0 spiro atoms. The quantitative estimate of drug-likeness (QED) is 0.503. The van der Waals surface area contributed by atoms with E-state index in [-0.39, 0.29) is 0 Å². The van der Waals surface area contributed by atoms with E-state index in [2.05, 4.69) is 181 Å². The molecule has 1 aliphatic rings. The van der Waals surface area contributed by atoms with Crippen molar-refractivity contribution in [3.8, 4) is 142 Å². The summed E-state index contributed by atoms with van der Waals surface area (Å²) in [6.45, 7) is 6.34. The van der Waals surface area contributed by atoms with Gasteiger partial charge in [0.05, 0.1) is 5.41 Å². The summed E-state index contributed by atoms with van der Waals surface area (Å²) in [5.74, 6) is 54.5. The van der Waals surface area contributed by atoms with Crippen LogP contribution in [-0.2, 0) is 5.41 Å². The van der Waals surface area contributed by atoms with E-state index >= 15 is 0 Å². The maximum absolute atomic E-state index is 4.96. The molecule has 0 aliphatic heterocycles. The van der Waals surface area contributed by atoms with Crippen LogP contribution in [0.4, 0.5) is 0 Å². The lowest BCUT2D eigenvalue weighted by atomic mass is 9.80. The Morgan fingerprint density at radius 2 is 0.789 bits per heavy atom. The Morgan fingerprint density at radius 1 is 0.474 bits per heavy atom. The van der Waals surface area contributed by atoms with Gasteiger partial charge in [-0.3, -0.25) is 0 Å². The first kappa shape index (κ1) is 26.2. The summed E-state index contributed by atoms with van der Waals surface area (Å²) in [5.41, 5.74) is 6.86. The summed E-state index contributed by atoms with van der Waals surface area (Å²) in [6.07, 6.45) is 4.96. The number of fused-ring (bicyclic) bond motifs is 3. The maximum Gasteiger partial charge on any atom is 0.0806 e. The summed E-state index contributed by atoms with van der Waals surface area (Å²) < 4.78 is 0. The molecule has 0 heteroatoms. The molecule has 0 radical (unpaired) electrons. The van der Waals surface area contributed by atoms with Crippen molar-refractivity contribution in [3.63, 3.8) is 0 Å². The maximum atomic E-state index is 4.96. The van der Waals surface area contributed by atoms with Gasteiger partial charge in [-0.15, -0.1) is 6.42 Å². The monoisotopic (exact) mass is 472 g/mol. The van der Waals surface area contributed by atoms with E-state index in [4.69, 9.17) is 6.42 Å². The zero-order chi connectivity index (χ0) is 27.1. The summed E-state index contributed by atoms with van der Waals surface area (Å²) in [4.78, 5) is 0. The predicted octanol–water partition coefficient (Wildman–Crippen LogP) is 4.26. The highest BCUT2D eigenvalue weighted by Crippen LogP contribution is 2.49. The lowest BCUT2D eigenvalue weighted by molar-refractivity contribution is 0.776. The third-order valence-corrected chi connectivity index (χ3v) is 5.23. The van der Waals surface area contributed by atoms with Crippen molar-refractivity contribution in [1.29, 1.82) is 0 Å². The molecule has 0 heterocycles. The van der Waals surface area contributed by atoms with E-state index in [1.807, 2.05) is 0 Å². The molecule has 0 bridgehead atoms. The molecule has 168 valence electrons. The van der Waals surface area contributed by atoms with Crippen LogP contribution in [-0.4, -0.2) is 0 Å². The van der Waals surface area contributed by atoms with Gasteiger partial charge in [-0.05, 0) is 138 Å². The standard InChI is InChI=1S/C38H16/c1-5-6-7-8-9-10-11-12-13-14-15-16-17-18-19-20-21-22-23-24-29-38(4)36-30-32(2)25-27-34(36)35-28-26-33(3)31-37(35)38/h1,25-28,30-31H,2-4H3.